The third-order valence-electron chi connectivity index (χ3n) is 2.58. The molecule has 0 aliphatic heterocycles. The van der Waals surface area contributed by atoms with Crippen molar-refractivity contribution in [2.24, 2.45) is 0 Å². The molecule has 0 aliphatic carbocycles. The van der Waals surface area contributed by atoms with Crippen LogP contribution in [0.3, 0.4) is 0 Å². The maximum atomic E-state index is 12.9. The Kier molecular flexibility index (Phi) is 3.16. The van der Waals surface area contributed by atoms with Crippen molar-refractivity contribution in [2.75, 3.05) is 0 Å². The molecule has 2 rings (SSSR count). The number of nitrogens with zero attached hydrogens (tertiary/aromatic N) is 2. The molecule has 1 aromatic heterocycles. The Morgan fingerprint density at radius 1 is 1.30 bits per heavy atom. The standard InChI is InChI=1S/C12H9F3N2O3/c1-6-2-3-8(9(18)4-6)17-10(12(13,14)15)5-7(16-17)11(19)20/h2-5,18H,1H3,(H,19,20). The second kappa shape index (κ2) is 4.55. The van der Waals surface area contributed by atoms with E-state index in [9.17, 15) is 23.1 Å². The minimum absolute atomic E-state index is 0.240. The summed E-state index contributed by atoms with van der Waals surface area (Å²) in [6, 6.07) is 4.40. The lowest BCUT2D eigenvalue weighted by Gasteiger charge is -2.11. The topological polar surface area (TPSA) is 75.4 Å². The Hall–Kier alpha value is -2.51. The molecular weight excluding hydrogens is 277 g/mol. The van der Waals surface area contributed by atoms with E-state index >= 15 is 0 Å². The number of alkyl halides is 3. The van der Waals surface area contributed by atoms with E-state index in [0.717, 1.165) is 0 Å². The van der Waals surface area contributed by atoms with Crippen LogP contribution in [0.25, 0.3) is 5.69 Å². The average Bonchev–Trinajstić information content (AvgIpc) is 2.73. The Bertz CT molecular complexity index is 677. The number of aromatic carboxylic acids is 1. The number of aryl methyl sites for hydroxylation is 1. The number of phenols is 1. The van der Waals surface area contributed by atoms with Crippen molar-refractivity contribution in [2.45, 2.75) is 13.1 Å². The number of carbonyl (C=O) groups is 1. The van der Waals surface area contributed by atoms with Gasteiger partial charge in [0.2, 0.25) is 0 Å². The third kappa shape index (κ3) is 2.44. The van der Waals surface area contributed by atoms with Gasteiger partial charge in [-0.05, 0) is 24.6 Å². The predicted molar refractivity (Wildman–Crippen MR) is 61.9 cm³/mol. The molecule has 0 unspecified atom stereocenters. The van der Waals surface area contributed by atoms with Gasteiger partial charge in [0.1, 0.15) is 17.1 Å². The number of phenolic OH excluding ortho intramolecular Hbond substituents is 1. The van der Waals surface area contributed by atoms with Gasteiger partial charge in [-0.3, -0.25) is 0 Å². The first-order chi connectivity index (χ1) is 9.20. The number of hydrogen-bond acceptors (Lipinski definition) is 3. The Labute approximate surface area is 110 Å². The molecule has 5 nitrogen and oxygen atoms in total. The second-order valence-electron chi connectivity index (χ2n) is 4.12. The van der Waals surface area contributed by atoms with E-state index in [-0.39, 0.29) is 5.69 Å². The molecule has 0 radical (unpaired) electrons. The summed E-state index contributed by atoms with van der Waals surface area (Å²) in [5.41, 5.74) is -1.62. The molecule has 2 aromatic rings. The highest BCUT2D eigenvalue weighted by atomic mass is 19.4. The summed E-state index contributed by atoms with van der Waals surface area (Å²) < 4.78 is 39.0. The van der Waals surface area contributed by atoms with E-state index < -0.39 is 29.3 Å². The maximum absolute atomic E-state index is 12.9. The molecule has 2 N–H and O–H groups in total. The molecule has 0 bridgehead atoms. The molecule has 0 atom stereocenters. The van der Waals surface area contributed by atoms with Gasteiger partial charge in [-0.15, -0.1) is 0 Å². The van der Waals surface area contributed by atoms with E-state index in [0.29, 0.717) is 16.3 Å². The van der Waals surface area contributed by atoms with Crippen molar-refractivity contribution in [1.82, 2.24) is 9.78 Å². The van der Waals surface area contributed by atoms with Crippen molar-refractivity contribution in [1.29, 1.82) is 0 Å². The van der Waals surface area contributed by atoms with E-state index in [1.54, 1.807) is 6.92 Å². The Morgan fingerprint density at radius 3 is 2.45 bits per heavy atom. The molecule has 8 heteroatoms. The summed E-state index contributed by atoms with van der Waals surface area (Å²) in [7, 11) is 0. The molecule has 0 saturated carbocycles. The molecule has 1 aromatic carbocycles. The highest BCUT2D eigenvalue weighted by Crippen LogP contribution is 2.33. The van der Waals surface area contributed by atoms with Gasteiger partial charge < -0.3 is 10.2 Å². The average molecular weight is 286 g/mol. The zero-order valence-corrected chi connectivity index (χ0v) is 10.1. The minimum Gasteiger partial charge on any atom is -0.506 e. The number of carboxylic acids is 1. The van der Waals surface area contributed by atoms with Gasteiger partial charge in [-0.2, -0.15) is 18.3 Å². The summed E-state index contributed by atoms with van der Waals surface area (Å²) >= 11 is 0. The number of aromatic hydroxyl groups is 1. The van der Waals surface area contributed by atoms with Crippen LogP contribution in [-0.2, 0) is 6.18 Å². The zero-order chi connectivity index (χ0) is 15.1. The second-order valence-corrected chi connectivity index (χ2v) is 4.12. The summed E-state index contributed by atoms with van der Waals surface area (Å²) in [6.45, 7) is 1.65. The molecular formula is C12H9F3N2O3. The van der Waals surface area contributed by atoms with Crippen LogP contribution in [0.5, 0.6) is 5.75 Å². The summed E-state index contributed by atoms with van der Waals surface area (Å²) in [6.07, 6.45) is -4.79. The van der Waals surface area contributed by atoms with Gasteiger partial charge in [-0.25, -0.2) is 9.48 Å². The van der Waals surface area contributed by atoms with E-state index in [2.05, 4.69) is 5.10 Å². The van der Waals surface area contributed by atoms with Gasteiger partial charge in [0.25, 0.3) is 0 Å². The van der Waals surface area contributed by atoms with Gasteiger partial charge in [0, 0.05) is 6.07 Å². The summed E-state index contributed by atoms with van der Waals surface area (Å²) in [4.78, 5) is 10.8. The fourth-order valence-corrected chi connectivity index (χ4v) is 1.68. The highest BCUT2D eigenvalue weighted by molar-refractivity contribution is 5.85. The number of aromatic nitrogens is 2. The maximum Gasteiger partial charge on any atom is 0.433 e. The number of hydrogen-bond donors (Lipinski definition) is 2. The largest absolute Gasteiger partial charge is 0.506 e. The molecule has 0 aliphatic rings. The first-order valence-electron chi connectivity index (χ1n) is 5.40. The van der Waals surface area contributed by atoms with Gasteiger partial charge in [0.05, 0.1) is 0 Å². The van der Waals surface area contributed by atoms with Gasteiger partial charge in [0.15, 0.2) is 5.69 Å². The Morgan fingerprint density at radius 2 is 1.95 bits per heavy atom. The zero-order valence-electron chi connectivity index (χ0n) is 10.1. The van der Waals surface area contributed by atoms with Crippen LogP contribution in [0.2, 0.25) is 0 Å². The van der Waals surface area contributed by atoms with Crippen LogP contribution < -0.4 is 0 Å². The quantitative estimate of drug-likeness (QED) is 0.889. The minimum atomic E-state index is -4.79. The number of carboxylic acid groups (broad SMARTS) is 1. The van der Waals surface area contributed by atoms with Crippen molar-refractivity contribution in [3.63, 3.8) is 0 Å². The smallest absolute Gasteiger partial charge is 0.433 e. The van der Waals surface area contributed by atoms with Gasteiger partial charge >= 0.3 is 12.1 Å². The van der Waals surface area contributed by atoms with Gasteiger partial charge in [-0.1, -0.05) is 6.07 Å². The van der Waals surface area contributed by atoms with Crippen molar-refractivity contribution in [3.05, 3.63) is 41.2 Å². The molecule has 1 heterocycles. The van der Waals surface area contributed by atoms with Crippen LogP contribution in [0.1, 0.15) is 21.7 Å². The van der Waals surface area contributed by atoms with Crippen LogP contribution in [0, 0.1) is 6.92 Å². The predicted octanol–water partition coefficient (Wildman–Crippen LogP) is 2.60. The monoisotopic (exact) mass is 286 g/mol. The number of rotatable bonds is 2. The molecule has 0 fully saturated rings. The number of benzene rings is 1. The molecule has 20 heavy (non-hydrogen) atoms. The SMILES string of the molecule is Cc1ccc(-n2nc(C(=O)O)cc2C(F)(F)F)c(O)c1. The van der Waals surface area contributed by atoms with Crippen molar-refractivity contribution >= 4 is 5.97 Å². The van der Waals surface area contributed by atoms with Crippen LogP contribution in [0.15, 0.2) is 24.3 Å². The molecule has 0 spiro atoms. The Balaban J connectivity index is 2.69. The normalized spacial score (nSPS) is 11.6. The van der Waals surface area contributed by atoms with Crippen LogP contribution in [-0.4, -0.2) is 26.0 Å². The molecule has 0 amide bonds. The number of halogens is 3. The third-order valence-corrected chi connectivity index (χ3v) is 2.58. The van der Waals surface area contributed by atoms with E-state index in [1.807, 2.05) is 0 Å². The van der Waals surface area contributed by atoms with E-state index in [1.165, 1.54) is 18.2 Å². The highest BCUT2D eigenvalue weighted by Gasteiger charge is 2.37. The van der Waals surface area contributed by atoms with Crippen molar-refractivity contribution in [3.8, 4) is 11.4 Å². The van der Waals surface area contributed by atoms with Crippen LogP contribution >= 0.6 is 0 Å². The molecule has 0 saturated heterocycles. The lowest BCUT2D eigenvalue weighted by atomic mass is 10.2. The fourth-order valence-electron chi connectivity index (χ4n) is 1.68. The molecule has 106 valence electrons. The summed E-state index contributed by atoms with van der Waals surface area (Å²) in [5, 5.41) is 21.8. The lowest BCUT2D eigenvalue weighted by molar-refractivity contribution is -0.142. The first kappa shape index (κ1) is 13.9. The summed E-state index contributed by atoms with van der Waals surface area (Å²) in [5.74, 6) is -2.00. The first-order valence-corrected chi connectivity index (χ1v) is 5.40. The van der Waals surface area contributed by atoms with E-state index in [4.69, 9.17) is 5.11 Å². The van der Waals surface area contributed by atoms with Crippen molar-refractivity contribution < 1.29 is 28.2 Å². The van der Waals surface area contributed by atoms with Crippen LogP contribution in [0.4, 0.5) is 13.2 Å². The fraction of sp³-hybridized carbons (Fsp3) is 0.167. The lowest BCUT2D eigenvalue weighted by Crippen LogP contribution is -2.13.